The summed E-state index contributed by atoms with van der Waals surface area (Å²) in [5, 5.41) is 12.1. The van der Waals surface area contributed by atoms with Crippen LogP contribution < -0.4 is 14.4 Å². The van der Waals surface area contributed by atoms with E-state index in [4.69, 9.17) is 32.7 Å². The molecule has 168 valence electrons. The number of amides is 1. The van der Waals surface area contributed by atoms with E-state index in [-0.39, 0.29) is 11.3 Å². The number of hydrogen-bond acceptors (Lipinski definition) is 5. The van der Waals surface area contributed by atoms with Crippen molar-refractivity contribution >= 4 is 46.3 Å². The number of carbonyl (C=O) groups is 2. The number of ether oxygens (including phenoxy) is 2. The third-order valence-corrected chi connectivity index (χ3v) is 5.90. The number of aliphatic hydroxyl groups is 1. The zero-order valence-electron chi connectivity index (χ0n) is 17.7. The van der Waals surface area contributed by atoms with Crippen LogP contribution in [0.5, 0.6) is 11.5 Å². The summed E-state index contributed by atoms with van der Waals surface area (Å²) in [6.07, 6.45) is 0. The Balaban J connectivity index is 1.93. The topological polar surface area (TPSA) is 76.1 Å². The zero-order valence-corrected chi connectivity index (χ0v) is 19.2. The lowest BCUT2D eigenvalue weighted by atomic mass is 9.95. The molecule has 1 atom stereocenters. The Hall–Kier alpha value is -3.48. The summed E-state index contributed by atoms with van der Waals surface area (Å²) < 4.78 is 10.7. The van der Waals surface area contributed by atoms with Gasteiger partial charge in [0.25, 0.3) is 11.7 Å². The average Bonchev–Trinajstić information content (AvgIpc) is 3.09. The third kappa shape index (κ3) is 4.15. The van der Waals surface area contributed by atoms with E-state index < -0.39 is 17.7 Å². The Morgan fingerprint density at radius 3 is 2.00 bits per heavy atom. The molecule has 1 amide bonds. The maximum absolute atomic E-state index is 13.2. The summed E-state index contributed by atoms with van der Waals surface area (Å²) in [6, 6.07) is 17.1. The van der Waals surface area contributed by atoms with Crippen LogP contribution in [0.1, 0.15) is 17.2 Å². The first-order valence-electron chi connectivity index (χ1n) is 9.90. The van der Waals surface area contributed by atoms with E-state index in [0.717, 1.165) is 0 Å². The van der Waals surface area contributed by atoms with Gasteiger partial charge < -0.3 is 14.6 Å². The highest BCUT2D eigenvalue weighted by atomic mass is 35.5. The van der Waals surface area contributed by atoms with Gasteiger partial charge in [-0.25, -0.2) is 0 Å². The van der Waals surface area contributed by atoms with Gasteiger partial charge >= 0.3 is 0 Å². The first-order chi connectivity index (χ1) is 15.8. The molecule has 0 aromatic heterocycles. The lowest BCUT2D eigenvalue weighted by Crippen LogP contribution is -2.29. The van der Waals surface area contributed by atoms with Crippen LogP contribution in [0.15, 0.2) is 72.3 Å². The summed E-state index contributed by atoms with van der Waals surface area (Å²) in [5.41, 5.74) is 1.33. The molecule has 3 aromatic carbocycles. The molecule has 3 aromatic rings. The Bertz CT molecular complexity index is 1250. The van der Waals surface area contributed by atoms with Crippen molar-refractivity contribution in [3.05, 3.63) is 93.5 Å². The zero-order chi connectivity index (χ0) is 23.7. The van der Waals surface area contributed by atoms with Crippen LogP contribution in [0, 0.1) is 0 Å². The van der Waals surface area contributed by atoms with Crippen LogP contribution in [0.2, 0.25) is 10.0 Å². The molecular formula is C25H19Cl2NO5. The van der Waals surface area contributed by atoms with Crippen molar-refractivity contribution in [2.24, 2.45) is 0 Å². The summed E-state index contributed by atoms with van der Waals surface area (Å²) in [6.45, 7) is 0. The second-order valence-electron chi connectivity index (χ2n) is 7.27. The number of benzene rings is 3. The first-order valence-corrected chi connectivity index (χ1v) is 10.7. The van der Waals surface area contributed by atoms with Crippen molar-refractivity contribution in [2.45, 2.75) is 6.04 Å². The van der Waals surface area contributed by atoms with Crippen LogP contribution >= 0.6 is 23.2 Å². The highest BCUT2D eigenvalue weighted by Gasteiger charge is 2.47. The van der Waals surface area contributed by atoms with Gasteiger partial charge in [0.15, 0.2) is 11.5 Å². The fourth-order valence-corrected chi connectivity index (χ4v) is 4.05. The first kappa shape index (κ1) is 22.7. The van der Waals surface area contributed by atoms with E-state index in [1.165, 1.54) is 19.1 Å². The Morgan fingerprint density at radius 2 is 1.42 bits per heavy atom. The van der Waals surface area contributed by atoms with E-state index >= 15 is 0 Å². The molecule has 6 nitrogen and oxygen atoms in total. The predicted octanol–water partition coefficient (Wildman–Crippen LogP) is 5.64. The Labute approximate surface area is 200 Å². The number of rotatable bonds is 5. The van der Waals surface area contributed by atoms with Gasteiger partial charge in [0, 0.05) is 27.4 Å². The van der Waals surface area contributed by atoms with Gasteiger partial charge in [-0.05, 0) is 54.1 Å². The van der Waals surface area contributed by atoms with Crippen molar-refractivity contribution in [3.63, 3.8) is 0 Å². The van der Waals surface area contributed by atoms with Crippen LogP contribution in [-0.4, -0.2) is 31.0 Å². The van der Waals surface area contributed by atoms with Crippen molar-refractivity contribution in [3.8, 4) is 11.5 Å². The van der Waals surface area contributed by atoms with Gasteiger partial charge in [-0.1, -0.05) is 35.3 Å². The number of ketones is 1. The van der Waals surface area contributed by atoms with Gasteiger partial charge in [-0.15, -0.1) is 0 Å². The van der Waals surface area contributed by atoms with Crippen molar-refractivity contribution < 1.29 is 24.2 Å². The molecule has 0 spiro atoms. The molecule has 1 fully saturated rings. The molecule has 0 radical (unpaired) electrons. The lowest BCUT2D eigenvalue weighted by molar-refractivity contribution is -0.132. The summed E-state index contributed by atoms with van der Waals surface area (Å²) in [7, 11) is 2.98. The van der Waals surface area contributed by atoms with Gasteiger partial charge in [-0.3, -0.25) is 14.5 Å². The van der Waals surface area contributed by atoms with Gasteiger partial charge in [0.05, 0.1) is 25.8 Å². The highest BCUT2D eigenvalue weighted by molar-refractivity contribution is 6.51. The molecule has 1 unspecified atom stereocenters. The number of carbonyl (C=O) groups excluding carboxylic acids is 2. The molecule has 0 bridgehead atoms. The predicted molar refractivity (Wildman–Crippen MR) is 127 cm³/mol. The molecule has 0 aliphatic carbocycles. The van der Waals surface area contributed by atoms with E-state index in [1.807, 2.05) is 0 Å². The minimum atomic E-state index is -0.893. The summed E-state index contributed by atoms with van der Waals surface area (Å²) >= 11 is 12.0. The van der Waals surface area contributed by atoms with E-state index in [2.05, 4.69) is 0 Å². The van der Waals surface area contributed by atoms with Crippen molar-refractivity contribution in [1.82, 2.24) is 0 Å². The fourth-order valence-electron chi connectivity index (χ4n) is 3.80. The largest absolute Gasteiger partial charge is 0.507 e. The molecule has 1 saturated heterocycles. The highest BCUT2D eigenvalue weighted by Crippen LogP contribution is 2.44. The average molecular weight is 484 g/mol. The SMILES string of the molecule is COc1ccc(N2C(=O)C(=O)C(=C(O)c3ccc(Cl)cc3)C2c2ccc(Cl)cc2)cc1OC. The molecule has 0 saturated carbocycles. The lowest BCUT2D eigenvalue weighted by Gasteiger charge is -2.26. The van der Waals surface area contributed by atoms with E-state index in [0.29, 0.717) is 38.4 Å². The normalized spacial score (nSPS) is 17.3. The Kier molecular flexibility index (Phi) is 6.31. The minimum Gasteiger partial charge on any atom is -0.507 e. The van der Waals surface area contributed by atoms with Gasteiger partial charge in [0.1, 0.15) is 5.76 Å². The second kappa shape index (κ2) is 9.17. The van der Waals surface area contributed by atoms with Crippen LogP contribution in [-0.2, 0) is 9.59 Å². The van der Waals surface area contributed by atoms with Gasteiger partial charge in [0.2, 0.25) is 0 Å². The summed E-state index contributed by atoms with van der Waals surface area (Å²) in [5.74, 6) is -1.02. The monoisotopic (exact) mass is 483 g/mol. The standard InChI is InChI=1S/C25H19Cl2NO5/c1-32-19-12-11-18(13-20(19)33-2)28-22(14-3-7-16(26)8-4-14)21(24(30)25(28)31)23(29)15-5-9-17(27)10-6-15/h3-13,22,29H,1-2H3. The molecule has 33 heavy (non-hydrogen) atoms. The number of halogens is 2. The minimum absolute atomic E-state index is 0.0422. The number of Topliss-reactive ketones (excluding diaryl/α,β-unsaturated/α-hetero) is 1. The maximum Gasteiger partial charge on any atom is 0.300 e. The quantitative estimate of drug-likeness (QED) is 0.288. The molecule has 1 heterocycles. The molecule has 1 N–H and O–H groups in total. The second-order valence-corrected chi connectivity index (χ2v) is 8.14. The number of nitrogens with zero attached hydrogens (tertiary/aromatic N) is 1. The molecule has 1 aliphatic rings. The smallest absolute Gasteiger partial charge is 0.300 e. The number of anilines is 1. The maximum atomic E-state index is 13.2. The van der Waals surface area contributed by atoms with Crippen LogP contribution in [0.4, 0.5) is 5.69 Å². The molecule has 1 aliphatic heterocycles. The van der Waals surface area contributed by atoms with Gasteiger partial charge in [-0.2, -0.15) is 0 Å². The van der Waals surface area contributed by atoms with Crippen molar-refractivity contribution in [2.75, 3.05) is 19.1 Å². The number of aliphatic hydroxyl groups excluding tert-OH is 1. The number of methoxy groups -OCH3 is 2. The van der Waals surface area contributed by atoms with E-state index in [9.17, 15) is 14.7 Å². The molecule has 8 heteroatoms. The van der Waals surface area contributed by atoms with Crippen LogP contribution in [0.25, 0.3) is 5.76 Å². The summed E-state index contributed by atoms with van der Waals surface area (Å²) in [4.78, 5) is 27.7. The van der Waals surface area contributed by atoms with E-state index in [1.54, 1.807) is 66.7 Å². The Morgan fingerprint density at radius 1 is 0.848 bits per heavy atom. The molecule has 4 rings (SSSR count). The van der Waals surface area contributed by atoms with Crippen molar-refractivity contribution in [1.29, 1.82) is 0 Å². The molecular weight excluding hydrogens is 465 g/mol. The number of hydrogen-bond donors (Lipinski definition) is 1. The third-order valence-electron chi connectivity index (χ3n) is 5.39. The van der Waals surface area contributed by atoms with Crippen LogP contribution in [0.3, 0.4) is 0 Å². The fraction of sp³-hybridized carbons (Fsp3) is 0.120.